The molecular weight excluding hydrogens is 386 g/mol. The Kier molecular flexibility index (Phi) is 7.42. The first-order valence-corrected chi connectivity index (χ1v) is 10.6. The number of aliphatic hydroxyl groups excluding tert-OH is 1. The number of hydrogen-bond donors (Lipinski definition) is 2. The van der Waals surface area contributed by atoms with Gasteiger partial charge in [0.15, 0.2) is 5.65 Å². The van der Waals surface area contributed by atoms with E-state index in [1.807, 2.05) is 57.3 Å². The summed E-state index contributed by atoms with van der Waals surface area (Å²) in [6.45, 7) is 8.18. The van der Waals surface area contributed by atoms with E-state index < -0.39 is 0 Å². The van der Waals surface area contributed by atoms with Crippen LogP contribution in [0.25, 0.3) is 22.3 Å². The number of ether oxygens (including phenoxy) is 1. The van der Waals surface area contributed by atoms with Crippen molar-refractivity contribution in [3.63, 3.8) is 0 Å². The molecule has 0 aliphatic rings. The van der Waals surface area contributed by atoms with Crippen molar-refractivity contribution in [1.29, 1.82) is 0 Å². The highest BCUT2D eigenvalue weighted by Crippen LogP contribution is 2.32. The van der Waals surface area contributed by atoms with Crippen LogP contribution in [0, 0.1) is 19.8 Å². The van der Waals surface area contributed by atoms with Crippen molar-refractivity contribution in [2.75, 3.05) is 7.11 Å². The van der Waals surface area contributed by atoms with Crippen LogP contribution in [0.5, 0.6) is 5.75 Å². The van der Waals surface area contributed by atoms with Gasteiger partial charge in [-0.25, -0.2) is 4.98 Å². The maximum absolute atomic E-state index is 9.67. The molecule has 5 nitrogen and oxygen atoms in total. The molecule has 0 saturated carbocycles. The first kappa shape index (κ1) is 22.5. The summed E-state index contributed by atoms with van der Waals surface area (Å²) in [5, 5.41) is 17.9. The lowest BCUT2D eigenvalue weighted by Gasteiger charge is -2.14. The maximum Gasteiger partial charge on any atom is 0.181 e. The van der Waals surface area contributed by atoms with Crippen LogP contribution >= 0.6 is 0 Å². The number of aryl methyl sites for hydroxylation is 2. The molecule has 1 atom stereocenters. The predicted octanol–water partition coefficient (Wildman–Crippen LogP) is 5.50. The van der Waals surface area contributed by atoms with Crippen LogP contribution < -0.4 is 4.74 Å². The lowest BCUT2D eigenvalue weighted by Crippen LogP contribution is -2.17. The van der Waals surface area contributed by atoms with E-state index in [1.54, 1.807) is 7.11 Å². The van der Waals surface area contributed by atoms with Gasteiger partial charge in [-0.3, -0.25) is 5.10 Å². The molecule has 2 N–H and O–H groups in total. The van der Waals surface area contributed by atoms with Crippen LogP contribution in [-0.2, 0) is 6.42 Å². The van der Waals surface area contributed by atoms with Gasteiger partial charge < -0.3 is 9.84 Å². The molecule has 0 radical (unpaired) electrons. The molecule has 0 bridgehead atoms. The molecule has 4 aromatic rings. The van der Waals surface area contributed by atoms with E-state index in [4.69, 9.17) is 4.74 Å². The summed E-state index contributed by atoms with van der Waals surface area (Å²) in [6, 6.07) is 18.3. The first-order valence-electron chi connectivity index (χ1n) is 10.6. The van der Waals surface area contributed by atoms with Crippen molar-refractivity contribution in [1.82, 2.24) is 15.2 Å². The smallest absolute Gasteiger partial charge is 0.181 e. The molecule has 0 aliphatic heterocycles. The van der Waals surface area contributed by atoms with Crippen molar-refractivity contribution < 1.29 is 9.84 Å². The summed E-state index contributed by atoms with van der Waals surface area (Å²) in [5.74, 6) is 1.16. The maximum atomic E-state index is 9.67. The molecule has 0 amide bonds. The number of aromatic amines is 1. The van der Waals surface area contributed by atoms with Gasteiger partial charge in [0.1, 0.15) is 5.75 Å². The molecule has 0 spiro atoms. The normalized spacial score (nSPS) is 11.8. The van der Waals surface area contributed by atoms with Gasteiger partial charge >= 0.3 is 0 Å². The number of benzene rings is 2. The minimum Gasteiger partial charge on any atom is -0.496 e. The van der Waals surface area contributed by atoms with Gasteiger partial charge in [-0.2, -0.15) is 5.10 Å². The van der Waals surface area contributed by atoms with E-state index in [9.17, 15) is 5.11 Å². The van der Waals surface area contributed by atoms with E-state index in [0.29, 0.717) is 5.92 Å². The quantitative estimate of drug-likeness (QED) is 0.450. The van der Waals surface area contributed by atoms with Gasteiger partial charge in [0.05, 0.1) is 18.9 Å². The Bertz CT molecular complexity index is 1130. The van der Waals surface area contributed by atoms with Crippen LogP contribution in [0.15, 0.2) is 60.8 Å². The van der Waals surface area contributed by atoms with Crippen LogP contribution in [-0.4, -0.2) is 33.5 Å². The number of nitrogens with zero attached hydrogens (tertiary/aromatic N) is 2. The summed E-state index contributed by atoms with van der Waals surface area (Å²) < 4.78 is 5.38. The Hall–Kier alpha value is -3.18. The molecule has 0 aliphatic carbocycles. The molecule has 2 aromatic carbocycles. The molecule has 4 rings (SSSR count). The van der Waals surface area contributed by atoms with Crippen molar-refractivity contribution in [2.24, 2.45) is 5.92 Å². The summed E-state index contributed by atoms with van der Waals surface area (Å²) in [5.41, 5.74) is 6.25. The number of para-hydroxylation sites is 1. The van der Waals surface area contributed by atoms with E-state index in [-0.39, 0.29) is 6.10 Å². The number of methoxy groups -OCH3 is 1. The van der Waals surface area contributed by atoms with Crippen LogP contribution in [0.4, 0.5) is 0 Å². The zero-order valence-corrected chi connectivity index (χ0v) is 18.9. The number of rotatable bonds is 5. The van der Waals surface area contributed by atoms with E-state index >= 15 is 0 Å². The largest absolute Gasteiger partial charge is 0.496 e. The van der Waals surface area contributed by atoms with Gasteiger partial charge in [-0.05, 0) is 55.5 Å². The van der Waals surface area contributed by atoms with Gasteiger partial charge in [0.25, 0.3) is 0 Å². The summed E-state index contributed by atoms with van der Waals surface area (Å²) in [7, 11) is 1.67. The number of nitrogens with one attached hydrogen (secondary N) is 1. The predicted molar refractivity (Wildman–Crippen MR) is 126 cm³/mol. The average molecular weight is 418 g/mol. The zero-order valence-electron chi connectivity index (χ0n) is 18.9. The summed E-state index contributed by atoms with van der Waals surface area (Å²) in [4.78, 5) is 4.30. The zero-order chi connectivity index (χ0) is 22.4. The lowest BCUT2D eigenvalue weighted by atomic mass is 9.98. The lowest BCUT2D eigenvalue weighted by molar-refractivity contribution is 0.125. The fraction of sp³-hybridized carbons (Fsp3) is 0.308. The average Bonchev–Trinajstić information content (AvgIpc) is 3.17. The Morgan fingerprint density at radius 2 is 1.77 bits per heavy atom. The van der Waals surface area contributed by atoms with Crippen molar-refractivity contribution in [2.45, 2.75) is 40.2 Å². The number of hydrogen-bond acceptors (Lipinski definition) is 4. The van der Waals surface area contributed by atoms with Crippen LogP contribution in [0.2, 0.25) is 0 Å². The molecule has 162 valence electrons. The third-order valence-electron chi connectivity index (χ3n) is 5.22. The van der Waals surface area contributed by atoms with Gasteiger partial charge in [0, 0.05) is 17.1 Å². The standard InChI is InChI=1S/C14H13N3O.C12H18O/c1-9-7-11-13(16-17-14(11)15-8-9)10-5-3-4-6-12(10)18-2;1-9(2)12(13)8-11-6-4-5-10(3)7-11/h3-8H,1-2H3,(H,15,16,17);4-7,9,12-13H,8H2,1-3H3. The highest BCUT2D eigenvalue weighted by Gasteiger charge is 2.12. The van der Waals surface area contributed by atoms with Crippen molar-refractivity contribution in [3.05, 3.63) is 77.5 Å². The Morgan fingerprint density at radius 3 is 2.48 bits per heavy atom. The Balaban J connectivity index is 0.000000187. The second kappa shape index (κ2) is 10.2. The molecule has 0 fully saturated rings. The number of aliphatic hydroxyl groups is 1. The molecule has 0 saturated heterocycles. The van der Waals surface area contributed by atoms with E-state index in [2.05, 4.69) is 46.4 Å². The van der Waals surface area contributed by atoms with Crippen LogP contribution in [0.1, 0.15) is 30.5 Å². The molecular formula is C26H31N3O2. The second-order valence-corrected chi connectivity index (χ2v) is 8.19. The summed E-state index contributed by atoms with van der Waals surface area (Å²) >= 11 is 0. The SMILES string of the molecule is COc1ccccc1-c1[nH]nc2ncc(C)cc12.Cc1cccc(CC(O)C(C)C)c1. The van der Waals surface area contributed by atoms with E-state index in [1.165, 1.54) is 11.1 Å². The minimum absolute atomic E-state index is 0.221. The van der Waals surface area contributed by atoms with Crippen LogP contribution in [0.3, 0.4) is 0 Å². The minimum atomic E-state index is -0.221. The second-order valence-electron chi connectivity index (χ2n) is 8.19. The number of fused-ring (bicyclic) bond motifs is 1. The molecule has 2 aromatic heterocycles. The first-order chi connectivity index (χ1) is 14.9. The summed E-state index contributed by atoms with van der Waals surface area (Å²) in [6.07, 6.45) is 2.36. The fourth-order valence-corrected chi connectivity index (χ4v) is 3.38. The Labute approximate surface area is 184 Å². The molecule has 2 heterocycles. The van der Waals surface area contributed by atoms with Crippen molar-refractivity contribution >= 4 is 11.0 Å². The topological polar surface area (TPSA) is 71.0 Å². The van der Waals surface area contributed by atoms with E-state index in [0.717, 1.165) is 40.0 Å². The number of pyridine rings is 1. The third kappa shape index (κ3) is 5.70. The van der Waals surface area contributed by atoms with Gasteiger partial charge in [-0.15, -0.1) is 0 Å². The number of H-pyrrole nitrogens is 1. The monoisotopic (exact) mass is 417 g/mol. The third-order valence-corrected chi connectivity index (χ3v) is 5.22. The highest BCUT2D eigenvalue weighted by molar-refractivity contribution is 5.92. The Morgan fingerprint density at radius 1 is 1.00 bits per heavy atom. The molecule has 5 heteroatoms. The molecule has 1 unspecified atom stereocenters. The van der Waals surface area contributed by atoms with Crippen molar-refractivity contribution in [3.8, 4) is 17.0 Å². The van der Waals surface area contributed by atoms with Gasteiger partial charge in [0.2, 0.25) is 0 Å². The number of aromatic nitrogens is 3. The fourth-order valence-electron chi connectivity index (χ4n) is 3.38. The molecule has 31 heavy (non-hydrogen) atoms. The highest BCUT2D eigenvalue weighted by atomic mass is 16.5. The van der Waals surface area contributed by atoms with Gasteiger partial charge in [-0.1, -0.05) is 55.8 Å².